The first-order valence-corrected chi connectivity index (χ1v) is 8.01. The van der Waals surface area contributed by atoms with Gasteiger partial charge in [-0.15, -0.1) is 0 Å². The minimum Gasteiger partial charge on any atom is -0.444 e. The van der Waals surface area contributed by atoms with E-state index in [1.807, 2.05) is 40.8 Å². The monoisotopic (exact) mass is 306 g/mol. The summed E-state index contributed by atoms with van der Waals surface area (Å²) in [6.45, 7) is 7.62. The summed E-state index contributed by atoms with van der Waals surface area (Å²) in [4.78, 5) is 11.8. The molecule has 4 nitrogen and oxygen atoms in total. The average molecular weight is 306 g/mol. The van der Waals surface area contributed by atoms with Crippen molar-refractivity contribution in [1.29, 1.82) is 0 Å². The molecular formula is C18H30N2O2. The lowest BCUT2D eigenvalue weighted by Crippen LogP contribution is -2.41. The summed E-state index contributed by atoms with van der Waals surface area (Å²) < 4.78 is 5.28. The van der Waals surface area contributed by atoms with Gasteiger partial charge < -0.3 is 15.4 Å². The zero-order chi connectivity index (χ0) is 16.6. The fourth-order valence-electron chi connectivity index (χ4n) is 2.36. The predicted octanol–water partition coefficient (Wildman–Crippen LogP) is 3.51. The molecule has 1 aromatic rings. The second kappa shape index (κ2) is 8.79. The Balaban J connectivity index is 2.36. The van der Waals surface area contributed by atoms with Crippen LogP contribution in [0, 0.1) is 0 Å². The highest BCUT2D eigenvalue weighted by Gasteiger charge is 2.19. The second-order valence-electron chi connectivity index (χ2n) is 6.79. The number of rotatable bonds is 7. The van der Waals surface area contributed by atoms with Crippen LogP contribution in [0.2, 0.25) is 0 Å². The van der Waals surface area contributed by atoms with Gasteiger partial charge in [0.2, 0.25) is 0 Å². The highest BCUT2D eigenvalue weighted by molar-refractivity contribution is 5.68. The Morgan fingerprint density at radius 2 is 1.86 bits per heavy atom. The number of carbonyl (C=O) groups excluding carboxylic acids is 1. The molecule has 124 valence electrons. The fraction of sp³-hybridized carbons (Fsp3) is 0.611. The molecule has 1 aromatic carbocycles. The molecule has 0 saturated carbocycles. The summed E-state index contributed by atoms with van der Waals surface area (Å²) in [5, 5.41) is 6.23. The first-order valence-electron chi connectivity index (χ1n) is 8.01. The molecule has 2 N–H and O–H groups in total. The molecule has 2 atom stereocenters. The van der Waals surface area contributed by atoms with Crippen LogP contribution in [0.3, 0.4) is 0 Å². The summed E-state index contributed by atoms with van der Waals surface area (Å²) in [5.41, 5.74) is 0.884. The lowest BCUT2D eigenvalue weighted by molar-refractivity contribution is 0.0504. The van der Waals surface area contributed by atoms with Gasteiger partial charge in [-0.25, -0.2) is 4.79 Å². The number of nitrogens with one attached hydrogen (secondary N) is 2. The van der Waals surface area contributed by atoms with E-state index in [4.69, 9.17) is 4.74 Å². The highest BCUT2D eigenvalue weighted by atomic mass is 16.6. The standard InChI is InChI=1S/C18H30N2O2/c1-14(20-17(21)22-18(2,3)4)13-16(19-5)12-11-15-9-7-6-8-10-15/h6-10,14,16,19H,11-13H2,1-5H3,(H,20,21)/t14-,16?/m1/s1. The van der Waals surface area contributed by atoms with Crippen LogP contribution in [-0.4, -0.2) is 30.8 Å². The van der Waals surface area contributed by atoms with E-state index < -0.39 is 5.60 Å². The third kappa shape index (κ3) is 8.03. The van der Waals surface area contributed by atoms with Crippen molar-refractivity contribution in [3.8, 4) is 0 Å². The molecule has 0 aliphatic heterocycles. The van der Waals surface area contributed by atoms with Gasteiger partial charge in [0, 0.05) is 12.1 Å². The van der Waals surface area contributed by atoms with Gasteiger partial charge in [0.15, 0.2) is 0 Å². The van der Waals surface area contributed by atoms with E-state index in [2.05, 4.69) is 34.9 Å². The van der Waals surface area contributed by atoms with Gasteiger partial charge in [0.05, 0.1) is 0 Å². The quantitative estimate of drug-likeness (QED) is 0.810. The van der Waals surface area contributed by atoms with E-state index >= 15 is 0 Å². The van der Waals surface area contributed by atoms with Crippen LogP contribution in [0.1, 0.15) is 46.1 Å². The van der Waals surface area contributed by atoms with Crippen molar-refractivity contribution >= 4 is 6.09 Å². The Morgan fingerprint density at radius 3 is 2.41 bits per heavy atom. The van der Waals surface area contributed by atoms with Crippen molar-refractivity contribution in [3.05, 3.63) is 35.9 Å². The molecule has 0 spiro atoms. The highest BCUT2D eigenvalue weighted by Crippen LogP contribution is 2.10. The Labute approximate surface area is 134 Å². The summed E-state index contributed by atoms with van der Waals surface area (Å²) in [6, 6.07) is 10.9. The molecule has 0 aliphatic rings. The van der Waals surface area contributed by atoms with Crippen LogP contribution in [0.4, 0.5) is 4.79 Å². The maximum absolute atomic E-state index is 11.8. The number of aryl methyl sites for hydroxylation is 1. The normalized spacial score (nSPS) is 14.2. The molecule has 0 heterocycles. The number of carbonyl (C=O) groups is 1. The molecule has 22 heavy (non-hydrogen) atoms. The first kappa shape index (κ1) is 18.5. The van der Waals surface area contributed by atoms with Crippen molar-refractivity contribution in [2.75, 3.05) is 7.05 Å². The summed E-state index contributed by atoms with van der Waals surface area (Å²) in [6.07, 6.45) is 2.60. The van der Waals surface area contributed by atoms with Gasteiger partial charge in [0.1, 0.15) is 5.60 Å². The minimum atomic E-state index is -0.459. The van der Waals surface area contributed by atoms with Crippen LogP contribution in [0.25, 0.3) is 0 Å². The Bertz CT molecular complexity index is 440. The molecule has 1 unspecified atom stereocenters. The van der Waals surface area contributed by atoms with Crippen LogP contribution in [0.5, 0.6) is 0 Å². The van der Waals surface area contributed by atoms with E-state index in [1.54, 1.807) is 0 Å². The first-order chi connectivity index (χ1) is 10.3. The molecule has 0 radical (unpaired) electrons. The van der Waals surface area contributed by atoms with Crippen LogP contribution < -0.4 is 10.6 Å². The molecule has 1 rings (SSSR count). The van der Waals surface area contributed by atoms with E-state index in [9.17, 15) is 4.79 Å². The van der Waals surface area contributed by atoms with E-state index in [-0.39, 0.29) is 12.1 Å². The number of hydrogen-bond donors (Lipinski definition) is 2. The molecule has 4 heteroatoms. The lowest BCUT2D eigenvalue weighted by atomic mass is 10.0. The van der Waals surface area contributed by atoms with Gasteiger partial charge >= 0.3 is 6.09 Å². The lowest BCUT2D eigenvalue weighted by Gasteiger charge is -2.24. The predicted molar refractivity (Wildman–Crippen MR) is 91.1 cm³/mol. The number of amides is 1. The van der Waals surface area contributed by atoms with Crippen molar-refractivity contribution in [3.63, 3.8) is 0 Å². The average Bonchev–Trinajstić information content (AvgIpc) is 2.42. The summed E-state index contributed by atoms with van der Waals surface area (Å²) in [5.74, 6) is 0. The smallest absolute Gasteiger partial charge is 0.407 e. The topological polar surface area (TPSA) is 50.4 Å². The number of hydrogen-bond acceptors (Lipinski definition) is 3. The number of ether oxygens (including phenoxy) is 1. The zero-order valence-electron chi connectivity index (χ0n) is 14.5. The molecule has 0 aliphatic carbocycles. The third-order valence-electron chi connectivity index (χ3n) is 3.43. The maximum atomic E-state index is 11.8. The van der Waals surface area contributed by atoms with Crippen molar-refractivity contribution < 1.29 is 9.53 Å². The van der Waals surface area contributed by atoms with E-state index in [0.29, 0.717) is 6.04 Å². The Kier molecular flexibility index (Phi) is 7.39. The fourth-order valence-corrected chi connectivity index (χ4v) is 2.36. The van der Waals surface area contributed by atoms with Crippen LogP contribution >= 0.6 is 0 Å². The van der Waals surface area contributed by atoms with Crippen LogP contribution in [0.15, 0.2) is 30.3 Å². The van der Waals surface area contributed by atoms with Gasteiger partial charge in [-0.1, -0.05) is 30.3 Å². The van der Waals surface area contributed by atoms with E-state index in [1.165, 1.54) is 5.56 Å². The molecule has 0 fully saturated rings. The van der Waals surface area contributed by atoms with Gasteiger partial charge in [-0.2, -0.15) is 0 Å². The van der Waals surface area contributed by atoms with Crippen molar-refractivity contribution in [1.82, 2.24) is 10.6 Å². The zero-order valence-corrected chi connectivity index (χ0v) is 14.5. The molecule has 0 bridgehead atoms. The molecule has 1 amide bonds. The van der Waals surface area contributed by atoms with Gasteiger partial charge in [-0.05, 0) is 59.6 Å². The summed E-state index contributed by atoms with van der Waals surface area (Å²) >= 11 is 0. The Morgan fingerprint density at radius 1 is 1.23 bits per heavy atom. The maximum Gasteiger partial charge on any atom is 0.407 e. The van der Waals surface area contributed by atoms with Gasteiger partial charge in [0.25, 0.3) is 0 Å². The van der Waals surface area contributed by atoms with Crippen molar-refractivity contribution in [2.45, 2.75) is 64.6 Å². The van der Waals surface area contributed by atoms with Gasteiger partial charge in [-0.3, -0.25) is 0 Å². The largest absolute Gasteiger partial charge is 0.444 e. The number of benzene rings is 1. The molecule has 0 saturated heterocycles. The molecular weight excluding hydrogens is 276 g/mol. The third-order valence-corrected chi connectivity index (χ3v) is 3.43. The summed E-state index contributed by atoms with van der Waals surface area (Å²) in [7, 11) is 1.97. The van der Waals surface area contributed by atoms with Crippen LogP contribution in [-0.2, 0) is 11.2 Å². The SMILES string of the molecule is CNC(CCc1ccccc1)C[C@@H](C)NC(=O)OC(C)(C)C. The van der Waals surface area contributed by atoms with Crippen molar-refractivity contribution in [2.24, 2.45) is 0 Å². The van der Waals surface area contributed by atoms with E-state index in [0.717, 1.165) is 19.3 Å². The molecule has 0 aromatic heterocycles. The number of alkyl carbamates (subject to hydrolysis) is 1. The minimum absolute atomic E-state index is 0.0723. The second-order valence-corrected chi connectivity index (χ2v) is 6.79. The Hall–Kier alpha value is -1.55.